The Balaban J connectivity index is 1.69. The summed E-state index contributed by atoms with van der Waals surface area (Å²) in [5, 5.41) is 2.93. The molecule has 0 saturated heterocycles. The van der Waals surface area contributed by atoms with Crippen molar-refractivity contribution < 1.29 is 23.7 Å². The van der Waals surface area contributed by atoms with Gasteiger partial charge in [-0.3, -0.25) is 4.79 Å². The molecule has 6 heteroatoms. The highest BCUT2D eigenvalue weighted by Gasteiger charge is 2.19. The van der Waals surface area contributed by atoms with Gasteiger partial charge >= 0.3 is 0 Å². The van der Waals surface area contributed by atoms with Crippen molar-refractivity contribution >= 4 is 11.6 Å². The second-order valence-electron chi connectivity index (χ2n) is 6.77. The molecule has 2 aromatic rings. The van der Waals surface area contributed by atoms with E-state index in [1.807, 2.05) is 24.3 Å². The SMILES string of the molecule is COc1ccc(CC(=O)Nc2cccc(OC3CCCC3)c2)c(OC)c1OC. The number of ether oxygens (including phenoxy) is 4. The highest BCUT2D eigenvalue weighted by Crippen LogP contribution is 2.40. The summed E-state index contributed by atoms with van der Waals surface area (Å²) >= 11 is 0. The summed E-state index contributed by atoms with van der Waals surface area (Å²) in [6.07, 6.45) is 5.05. The topological polar surface area (TPSA) is 66.0 Å². The van der Waals surface area contributed by atoms with Crippen LogP contribution < -0.4 is 24.3 Å². The molecule has 2 aromatic carbocycles. The van der Waals surface area contributed by atoms with E-state index in [0.29, 0.717) is 22.9 Å². The third kappa shape index (κ3) is 4.68. The van der Waals surface area contributed by atoms with Crippen LogP contribution in [0.4, 0.5) is 5.69 Å². The van der Waals surface area contributed by atoms with E-state index >= 15 is 0 Å². The van der Waals surface area contributed by atoms with E-state index in [9.17, 15) is 4.79 Å². The van der Waals surface area contributed by atoms with Gasteiger partial charge in [0.2, 0.25) is 11.7 Å². The Morgan fingerprint density at radius 3 is 2.43 bits per heavy atom. The van der Waals surface area contributed by atoms with Crippen LogP contribution >= 0.6 is 0 Å². The number of rotatable bonds is 8. The van der Waals surface area contributed by atoms with Gasteiger partial charge in [-0.25, -0.2) is 0 Å². The lowest BCUT2D eigenvalue weighted by Gasteiger charge is -2.16. The third-order valence-electron chi connectivity index (χ3n) is 4.86. The number of carbonyl (C=O) groups excluding carboxylic acids is 1. The molecule has 0 aliphatic heterocycles. The predicted octanol–water partition coefficient (Wildman–Crippen LogP) is 4.22. The first kappa shape index (κ1) is 19.9. The van der Waals surface area contributed by atoms with Crippen LogP contribution in [0, 0.1) is 0 Å². The van der Waals surface area contributed by atoms with Crippen molar-refractivity contribution in [3.63, 3.8) is 0 Å². The van der Waals surface area contributed by atoms with Gasteiger partial charge in [0.15, 0.2) is 11.5 Å². The molecule has 0 radical (unpaired) electrons. The van der Waals surface area contributed by atoms with Crippen LogP contribution in [0.5, 0.6) is 23.0 Å². The number of hydrogen-bond donors (Lipinski definition) is 1. The maximum atomic E-state index is 12.6. The van der Waals surface area contributed by atoms with E-state index in [4.69, 9.17) is 18.9 Å². The standard InChI is InChI=1S/C22H27NO5/c1-25-19-12-11-15(21(26-2)22(19)27-3)13-20(24)23-16-7-6-10-18(14-16)28-17-8-4-5-9-17/h6-7,10-12,14,17H,4-5,8-9,13H2,1-3H3,(H,23,24). The molecular weight excluding hydrogens is 358 g/mol. The molecule has 1 fully saturated rings. The number of amides is 1. The number of carbonyl (C=O) groups is 1. The summed E-state index contributed by atoms with van der Waals surface area (Å²) < 4.78 is 22.1. The van der Waals surface area contributed by atoms with Gasteiger partial charge in [-0.1, -0.05) is 12.1 Å². The second-order valence-corrected chi connectivity index (χ2v) is 6.77. The molecule has 1 saturated carbocycles. The average Bonchev–Trinajstić information content (AvgIpc) is 3.20. The summed E-state index contributed by atoms with van der Waals surface area (Å²) in [5.74, 6) is 2.16. The Morgan fingerprint density at radius 2 is 1.75 bits per heavy atom. The number of benzene rings is 2. The molecule has 28 heavy (non-hydrogen) atoms. The van der Waals surface area contributed by atoms with Crippen molar-refractivity contribution in [2.24, 2.45) is 0 Å². The van der Waals surface area contributed by atoms with Crippen molar-refractivity contribution in [1.82, 2.24) is 0 Å². The molecular formula is C22H27NO5. The van der Waals surface area contributed by atoms with Gasteiger partial charge in [-0.05, 0) is 43.9 Å². The molecule has 3 rings (SSSR count). The van der Waals surface area contributed by atoms with Gasteiger partial charge in [-0.15, -0.1) is 0 Å². The van der Waals surface area contributed by atoms with E-state index in [1.54, 1.807) is 33.5 Å². The molecule has 0 aromatic heterocycles. The number of anilines is 1. The number of methoxy groups -OCH3 is 3. The zero-order chi connectivity index (χ0) is 19.9. The number of hydrogen-bond acceptors (Lipinski definition) is 5. The molecule has 1 amide bonds. The normalized spacial score (nSPS) is 13.8. The van der Waals surface area contributed by atoms with Crippen LogP contribution in [0.3, 0.4) is 0 Å². The Morgan fingerprint density at radius 1 is 1.00 bits per heavy atom. The predicted molar refractivity (Wildman–Crippen MR) is 108 cm³/mol. The lowest BCUT2D eigenvalue weighted by atomic mass is 10.1. The van der Waals surface area contributed by atoms with Gasteiger partial charge in [0.05, 0.1) is 33.9 Å². The summed E-state index contributed by atoms with van der Waals surface area (Å²) in [6.45, 7) is 0. The van der Waals surface area contributed by atoms with Crippen molar-refractivity contribution in [2.75, 3.05) is 26.6 Å². The molecule has 1 aliphatic carbocycles. The van der Waals surface area contributed by atoms with Crippen LogP contribution in [0.15, 0.2) is 36.4 Å². The molecule has 0 atom stereocenters. The Bertz CT molecular complexity index is 815. The minimum Gasteiger partial charge on any atom is -0.493 e. The van der Waals surface area contributed by atoms with Crippen LogP contribution in [0.1, 0.15) is 31.2 Å². The maximum absolute atomic E-state index is 12.6. The summed E-state index contributed by atoms with van der Waals surface area (Å²) in [4.78, 5) is 12.6. The van der Waals surface area contributed by atoms with Gasteiger partial charge < -0.3 is 24.3 Å². The number of nitrogens with one attached hydrogen (secondary N) is 1. The Kier molecular flexibility index (Phi) is 6.63. The van der Waals surface area contributed by atoms with Gasteiger partial charge in [0, 0.05) is 17.3 Å². The van der Waals surface area contributed by atoms with Crippen LogP contribution in [0.25, 0.3) is 0 Å². The highest BCUT2D eigenvalue weighted by atomic mass is 16.5. The zero-order valence-corrected chi connectivity index (χ0v) is 16.6. The fourth-order valence-corrected chi connectivity index (χ4v) is 3.53. The lowest BCUT2D eigenvalue weighted by molar-refractivity contribution is -0.115. The fraction of sp³-hybridized carbons (Fsp3) is 0.409. The van der Waals surface area contributed by atoms with Gasteiger partial charge in [0.25, 0.3) is 0 Å². The molecule has 0 bridgehead atoms. The van der Waals surface area contributed by atoms with Gasteiger partial charge in [-0.2, -0.15) is 0 Å². The Labute approximate surface area is 165 Å². The van der Waals surface area contributed by atoms with Crippen LogP contribution in [-0.2, 0) is 11.2 Å². The smallest absolute Gasteiger partial charge is 0.228 e. The quantitative estimate of drug-likeness (QED) is 0.737. The van der Waals surface area contributed by atoms with Crippen molar-refractivity contribution in [1.29, 1.82) is 0 Å². The fourth-order valence-electron chi connectivity index (χ4n) is 3.53. The summed E-state index contributed by atoms with van der Waals surface area (Å²) in [5.41, 5.74) is 1.43. The zero-order valence-electron chi connectivity index (χ0n) is 16.6. The Hall–Kier alpha value is -2.89. The molecule has 6 nitrogen and oxygen atoms in total. The third-order valence-corrected chi connectivity index (χ3v) is 4.86. The van der Waals surface area contributed by atoms with E-state index in [-0.39, 0.29) is 18.4 Å². The molecule has 0 unspecified atom stereocenters. The summed E-state index contributed by atoms with van der Waals surface area (Å²) in [7, 11) is 4.65. The van der Waals surface area contributed by atoms with Crippen molar-refractivity contribution in [3.05, 3.63) is 42.0 Å². The van der Waals surface area contributed by atoms with Gasteiger partial charge in [0.1, 0.15) is 5.75 Å². The second kappa shape index (κ2) is 9.35. The lowest BCUT2D eigenvalue weighted by Crippen LogP contribution is -2.16. The van der Waals surface area contributed by atoms with E-state index in [0.717, 1.165) is 24.2 Å². The first-order valence-corrected chi connectivity index (χ1v) is 9.49. The molecule has 1 N–H and O–H groups in total. The molecule has 0 heterocycles. The highest BCUT2D eigenvalue weighted by molar-refractivity contribution is 5.93. The van der Waals surface area contributed by atoms with Crippen molar-refractivity contribution in [3.8, 4) is 23.0 Å². The monoisotopic (exact) mass is 385 g/mol. The van der Waals surface area contributed by atoms with Crippen molar-refractivity contribution in [2.45, 2.75) is 38.2 Å². The maximum Gasteiger partial charge on any atom is 0.228 e. The molecule has 150 valence electrons. The molecule has 1 aliphatic rings. The van der Waals surface area contributed by atoms with Crippen LogP contribution in [-0.4, -0.2) is 33.3 Å². The first-order chi connectivity index (χ1) is 13.6. The largest absolute Gasteiger partial charge is 0.493 e. The average molecular weight is 385 g/mol. The minimum absolute atomic E-state index is 0.150. The van der Waals surface area contributed by atoms with E-state index in [2.05, 4.69) is 5.32 Å². The van der Waals surface area contributed by atoms with E-state index in [1.165, 1.54) is 12.8 Å². The van der Waals surface area contributed by atoms with E-state index < -0.39 is 0 Å². The molecule has 0 spiro atoms. The van der Waals surface area contributed by atoms with Crippen LogP contribution in [0.2, 0.25) is 0 Å². The first-order valence-electron chi connectivity index (χ1n) is 9.49. The summed E-state index contributed by atoms with van der Waals surface area (Å²) in [6, 6.07) is 11.1. The minimum atomic E-state index is -0.150.